The summed E-state index contributed by atoms with van der Waals surface area (Å²) in [6.07, 6.45) is 10.4. The maximum Gasteiger partial charge on any atom is 0.115 e. The van der Waals surface area contributed by atoms with E-state index in [-0.39, 0.29) is 0 Å². The maximum atomic E-state index is 9.75. The number of aromatic hydroxyl groups is 1. The fourth-order valence-corrected chi connectivity index (χ4v) is 3.98. The van der Waals surface area contributed by atoms with Gasteiger partial charge in [0.05, 0.1) is 0 Å². The minimum Gasteiger partial charge on any atom is -0.508 e. The first-order valence-electron chi connectivity index (χ1n) is 8.34. The van der Waals surface area contributed by atoms with Gasteiger partial charge in [0.15, 0.2) is 0 Å². The molecule has 0 aromatic heterocycles. The van der Waals surface area contributed by atoms with Crippen molar-refractivity contribution < 1.29 is 5.11 Å². The van der Waals surface area contributed by atoms with Crippen LogP contribution in [0.4, 0.5) is 0 Å². The SMILES string of the molecule is CCC1CCC(NC2CCCc3ccc(O)cc32)CC1. The number of benzene rings is 1. The van der Waals surface area contributed by atoms with Crippen LogP contribution in [-0.4, -0.2) is 11.1 Å². The lowest BCUT2D eigenvalue weighted by Crippen LogP contribution is -2.37. The summed E-state index contributed by atoms with van der Waals surface area (Å²) in [6.45, 7) is 2.32. The molecule has 0 radical (unpaired) electrons. The van der Waals surface area contributed by atoms with Gasteiger partial charge in [-0.15, -0.1) is 0 Å². The van der Waals surface area contributed by atoms with E-state index >= 15 is 0 Å². The summed E-state index contributed by atoms with van der Waals surface area (Å²) in [5.41, 5.74) is 2.77. The number of nitrogens with one attached hydrogen (secondary N) is 1. The smallest absolute Gasteiger partial charge is 0.115 e. The van der Waals surface area contributed by atoms with Crippen LogP contribution in [0.5, 0.6) is 5.75 Å². The first-order valence-corrected chi connectivity index (χ1v) is 8.34. The number of fused-ring (bicyclic) bond motifs is 1. The van der Waals surface area contributed by atoms with Crippen molar-refractivity contribution in [2.45, 2.75) is 70.4 Å². The molecule has 1 saturated carbocycles. The van der Waals surface area contributed by atoms with Gasteiger partial charge in [0.1, 0.15) is 5.75 Å². The third-order valence-electron chi connectivity index (χ3n) is 5.30. The quantitative estimate of drug-likeness (QED) is 0.859. The van der Waals surface area contributed by atoms with E-state index in [2.05, 4.69) is 18.3 Å². The van der Waals surface area contributed by atoms with E-state index in [1.165, 1.54) is 56.1 Å². The summed E-state index contributed by atoms with van der Waals surface area (Å²) in [5.74, 6) is 1.36. The summed E-state index contributed by atoms with van der Waals surface area (Å²) in [4.78, 5) is 0. The van der Waals surface area contributed by atoms with Crippen LogP contribution < -0.4 is 5.32 Å². The summed E-state index contributed by atoms with van der Waals surface area (Å²) in [6, 6.07) is 7.04. The van der Waals surface area contributed by atoms with Crippen LogP contribution in [0, 0.1) is 5.92 Å². The number of phenolic OH excluding ortho intramolecular Hbond substituents is 1. The average Bonchev–Trinajstić information content (AvgIpc) is 2.49. The number of hydrogen-bond donors (Lipinski definition) is 2. The van der Waals surface area contributed by atoms with Crippen molar-refractivity contribution in [2.24, 2.45) is 5.92 Å². The lowest BCUT2D eigenvalue weighted by atomic mass is 9.82. The molecule has 20 heavy (non-hydrogen) atoms. The van der Waals surface area contributed by atoms with Gasteiger partial charge in [-0.2, -0.15) is 0 Å². The Hall–Kier alpha value is -1.02. The fraction of sp³-hybridized carbons (Fsp3) is 0.667. The van der Waals surface area contributed by atoms with Crippen molar-refractivity contribution in [1.29, 1.82) is 0 Å². The average molecular weight is 273 g/mol. The van der Waals surface area contributed by atoms with Gasteiger partial charge in [-0.05, 0) is 74.1 Å². The minimum absolute atomic E-state index is 0.409. The van der Waals surface area contributed by atoms with Crippen molar-refractivity contribution in [3.05, 3.63) is 29.3 Å². The molecule has 0 spiro atoms. The number of hydrogen-bond acceptors (Lipinski definition) is 2. The lowest BCUT2D eigenvalue weighted by Gasteiger charge is -2.34. The van der Waals surface area contributed by atoms with Gasteiger partial charge in [0.25, 0.3) is 0 Å². The fourth-order valence-electron chi connectivity index (χ4n) is 3.98. The predicted octanol–water partition coefficient (Wildman–Crippen LogP) is 4.33. The largest absolute Gasteiger partial charge is 0.508 e. The standard InChI is InChI=1S/C18H27NO/c1-2-13-6-9-15(10-7-13)19-18-5-3-4-14-8-11-16(20)12-17(14)18/h8,11-13,15,18-20H,2-7,9-10H2,1H3. The first-order chi connectivity index (χ1) is 9.76. The Morgan fingerprint density at radius 3 is 2.70 bits per heavy atom. The Kier molecular flexibility index (Phi) is 4.30. The highest BCUT2D eigenvalue weighted by Crippen LogP contribution is 2.34. The van der Waals surface area contributed by atoms with Gasteiger partial charge in [0.2, 0.25) is 0 Å². The molecule has 1 unspecified atom stereocenters. The van der Waals surface area contributed by atoms with Crippen molar-refractivity contribution in [1.82, 2.24) is 5.32 Å². The van der Waals surface area contributed by atoms with Crippen LogP contribution in [0.3, 0.4) is 0 Å². The number of aryl methyl sites for hydroxylation is 1. The van der Waals surface area contributed by atoms with E-state index in [9.17, 15) is 5.11 Å². The minimum atomic E-state index is 0.409. The third kappa shape index (κ3) is 3.01. The molecule has 1 atom stereocenters. The lowest BCUT2D eigenvalue weighted by molar-refractivity contribution is 0.261. The Morgan fingerprint density at radius 2 is 1.95 bits per heavy atom. The van der Waals surface area contributed by atoms with Crippen molar-refractivity contribution in [2.75, 3.05) is 0 Å². The van der Waals surface area contributed by atoms with Gasteiger partial charge >= 0.3 is 0 Å². The zero-order chi connectivity index (χ0) is 13.9. The molecule has 2 N–H and O–H groups in total. The Morgan fingerprint density at radius 1 is 1.15 bits per heavy atom. The van der Waals surface area contributed by atoms with Crippen molar-refractivity contribution in [3.8, 4) is 5.75 Å². The van der Waals surface area contributed by atoms with E-state index in [1.807, 2.05) is 12.1 Å². The zero-order valence-electron chi connectivity index (χ0n) is 12.6. The second-order valence-corrected chi connectivity index (χ2v) is 6.62. The summed E-state index contributed by atoms with van der Waals surface area (Å²) >= 11 is 0. The molecular weight excluding hydrogens is 246 g/mol. The van der Waals surface area contributed by atoms with E-state index in [0.29, 0.717) is 17.8 Å². The predicted molar refractivity (Wildman–Crippen MR) is 83.0 cm³/mol. The van der Waals surface area contributed by atoms with Gasteiger partial charge < -0.3 is 10.4 Å². The van der Waals surface area contributed by atoms with E-state index < -0.39 is 0 Å². The molecule has 0 heterocycles. The molecular formula is C18H27NO. The highest BCUT2D eigenvalue weighted by Gasteiger charge is 2.26. The third-order valence-corrected chi connectivity index (χ3v) is 5.30. The monoisotopic (exact) mass is 273 g/mol. The molecule has 2 heteroatoms. The molecule has 2 aliphatic rings. The van der Waals surface area contributed by atoms with Crippen LogP contribution in [-0.2, 0) is 6.42 Å². The van der Waals surface area contributed by atoms with Crippen molar-refractivity contribution >= 4 is 0 Å². The second-order valence-electron chi connectivity index (χ2n) is 6.62. The van der Waals surface area contributed by atoms with Crippen LogP contribution in [0.25, 0.3) is 0 Å². The molecule has 1 aromatic carbocycles. The molecule has 0 bridgehead atoms. The zero-order valence-corrected chi connectivity index (χ0v) is 12.6. The number of phenols is 1. The van der Waals surface area contributed by atoms with Crippen LogP contribution in [0.15, 0.2) is 18.2 Å². The molecule has 2 nitrogen and oxygen atoms in total. The van der Waals surface area contributed by atoms with Crippen LogP contribution in [0.1, 0.15) is 69.0 Å². The molecule has 1 aromatic rings. The molecule has 0 saturated heterocycles. The number of rotatable bonds is 3. The summed E-state index contributed by atoms with van der Waals surface area (Å²) < 4.78 is 0. The Bertz CT molecular complexity index is 449. The maximum absolute atomic E-state index is 9.75. The van der Waals surface area contributed by atoms with Gasteiger partial charge in [0, 0.05) is 12.1 Å². The van der Waals surface area contributed by atoms with Crippen LogP contribution in [0.2, 0.25) is 0 Å². The second kappa shape index (κ2) is 6.17. The Balaban J connectivity index is 1.66. The normalized spacial score (nSPS) is 29.9. The molecule has 0 amide bonds. The van der Waals surface area contributed by atoms with E-state index in [0.717, 1.165) is 12.3 Å². The van der Waals surface area contributed by atoms with Crippen LogP contribution >= 0.6 is 0 Å². The molecule has 2 aliphatic carbocycles. The first kappa shape index (κ1) is 13.9. The highest BCUT2D eigenvalue weighted by molar-refractivity contribution is 5.38. The van der Waals surface area contributed by atoms with E-state index in [4.69, 9.17) is 0 Å². The molecule has 1 fully saturated rings. The van der Waals surface area contributed by atoms with Gasteiger partial charge in [-0.25, -0.2) is 0 Å². The summed E-state index contributed by atoms with van der Waals surface area (Å²) in [5, 5.41) is 13.6. The van der Waals surface area contributed by atoms with E-state index in [1.54, 1.807) is 0 Å². The molecule has 110 valence electrons. The van der Waals surface area contributed by atoms with Crippen molar-refractivity contribution in [3.63, 3.8) is 0 Å². The molecule has 3 rings (SSSR count). The van der Waals surface area contributed by atoms with Gasteiger partial charge in [-0.1, -0.05) is 19.4 Å². The highest BCUT2D eigenvalue weighted by atomic mass is 16.3. The van der Waals surface area contributed by atoms with Gasteiger partial charge in [-0.3, -0.25) is 0 Å². The molecule has 0 aliphatic heterocycles. The Labute approximate surface area is 122 Å². The summed E-state index contributed by atoms with van der Waals surface area (Å²) in [7, 11) is 0. The topological polar surface area (TPSA) is 32.3 Å².